The molecule has 4 heterocycles. The number of amides is 1. The molecule has 0 aromatic carbocycles. The van der Waals surface area contributed by atoms with E-state index in [1.54, 1.807) is 24.5 Å². The first-order chi connectivity index (χ1) is 13.6. The highest BCUT2D eigenvalue weighted by Crippen LogP contribution is 2.28. The van der Waals surface area contributed by atoms with Gasteiger partial charge < -0.3 is 10.2 Å². The van der Waals surface area contributed by atoms with Crippen molar-refractivity contribution >= 4 is 53.0 Å². The van der Waals surface area contributed by atoms with Gasteiger partial charge >= 0.3 is 0 Å². The van der Waals surface area contributed by atoms with Crippen molar-refractivity contribution in [3.63, 3.8) is 0 Å². The van der Waals surface area contributed by atoms with Crippen molar-refractivity contribution in [1.82, 2.24) is 25.0 Å². The normalized spacial score (nSPS) is 14.3. The first-order valence-corrected chi connectivity index (χ1v) is 9.56. The zero-order valence-electron chi connectivity index (χ0n) is 15.2. The lowest BCUT2D eigenvalue weighted by molar-refractivity contribution is -0.120. The first kappa shape index (κ1) is 21.3. The monoisotopic (exact) mass is 453 g/mol. The average molecular weight is 455 g/mol. The van der Waals surface area contributed by atoms with E-state index in [1.165, 1.54) is 17.2 Å². The fourth-order valence-corrected chi connectivity index (χ4v) is 3.66. The molecule has 4 rings (SSSR count). The van der Waals surface area contributed by atoms with Crippen LogP contribution in [0.2, 0.25) is 10.0 Å². The Morgan fingerprint density at radius 3 is 2.41 bits per heavy atom. The summed E-state index contributed by atoms with van der Waals surface area (Å²) in [7, 11) is 0. The minimum Gasteiger partial charge on any atom is -0.355 e. The number of carbonyl (C=O) groups is 1. The number of halogens is 3. The average Bonchev–Trinajstić information content (AvgIpc) is 3.23. The van der Waals surface area contributed by atoms with Gasteiger partial charge in [0.05, 0.1) is 34.3 Å². The fraction of sp³-hybridized carbons (Fsp3) is 0.278. The maximum absolute atomic E-state index is 12.6. The number of rotatable bonds is 4. The molecule has 0 unspecified atom stereocenters. The second-order valence-corrected chi connectivity index (χ2v) is 7.22. The lowest BCUT2D eigenvalue weighted by atomic mass is 9.96. The highest BCUT2D eigenvalue weighted by Gasteiger charge is 2.26. The van der Waals surface area contributed by atoms with Crippen LogP contribution >= 0.6 is 35.6 Å². The third-order valence-electron chi connectivity index (χ3n) is 4.60. The van der Waals surface area contributed by atoms with E-state index in [4.69, 9.17) is 23.2 Å². The number of pyridine rings is 2. The van der Waals surface area contributed by atoms with E-state index in [-0.39, 0.29) is 24.2 Å². The number of nitrogens with zero attached hydrogens (tertiary/aromatic N) is 6. The van der Waals surface area contributed by atoms with Crippen LogP contribution in [0.3, 0.4) is 0 Å². The second-order valence-electron chi connectivity index (χ2n) is 6.41. The fourth-order valence-electron chi connectivity index (χ4n) is 3.18. The van der Waals surface area contributed by atoms with E-state index in [1.807, 2.05) is 6.07 Å². The Morgan fingerprint density at radius 1 is 1.03 bits per heavy atom. The van der Waals surface area contributed by atoms with Crippen LogP contribution in [0, 0.1) is 5.92 Å². The van der Waals surface area contributed by atoms with Gasteiger partial charge in [0.15, 0.2) is 5.82 Å². The van der Waals surface area contributed by atoms with Crippen molar-refractivity contribution in [2.24, 2.45) is 5.92 Å². The molecule has 0 bridgehead atoms. The molecule has 1 fully saturated rings. The van der Waals surface area contributed by atoms with Gasteiger partial charge in [-0.25, -0.2) is 9.97 Å². The van der Waals surface area contributed by atoms with Crippen LogP contribution in [0.4, 0.5) is 11.5 Å². The number of aromatic nitrogens is 5. The zero-order chi connectivity index (χ0) is 19.5. The standard InChI is InChI=1S/C18H17Cl2N7O.ClH/c19-14-2-1-5-21-16(14)26-8-3-12(4-9-26)18(28)25-13-10-15(20)17(22-11-13)27-23-6-7-24-27;/h1-2,5-7,10-12H,3-4,8-9H2,(H,25,28);1H. The van der Waals surface area contributed by atoms with Crippen molar-refractivity contribution in [2.45, 2.75) is 12.8 Å². The summed E-state index contributed by atoms with van der Waals surface area (Å²) in [4.78, 5) is 24.6. The summed E-state index contributed by atoms with van der Waals surface area (Å²) in [5.41, 5.74) is 0.543. The molecule has 0 radical (unpaired) electrons. The number of carbonyl (C=O) groups excluding carboxylic acids is 1. The Morgan fingerprint density at radius 2 is 1.76 bits per heavy atom. The van der Waals surface area contributed by atoms with Crippen LogP contribution in [0.5, 0.6) is 0 Å². The van der Waals surface area contributed by atoms with Gasteiger partial charge in [-0.2, -0.15) is 10.2 Å². The van der Waals surface area contributed by atoms with Gasteiger partial charge in [-0.05, 0) is 31.0 Å². The summed E-state index contributed by atoms with van der Waals surface area (Å²) >= 11 is 12.5. The van der Waals surface area contributed by atoms with Crippen LogP contribution in [0.15, 0.2) is 43.0 Å². The highest BCUT2D eigenvalue weighted by atomic mass is 35.5. The zero-order valence-corrected chi connectivity index (χ0v) is 17.5. The number of hydrogen-bond acceptors (Lipinski definition) is 6. The lowest BCUT2D eigenvalue weighted by Crippen LogP contribution is -2.38. The molecular weight excluding hydrogens is 437 g/mol. The maximum atomic E-state index is 12.6. The van der Waals surface area contributed by atoms with Crippen molar-refractivity contribution in [1.29, 1.82) is 0 Å². The summed E-state index contributed by atoms with van der Waals surface area (Å²) in [6.07, 6.45) is 7.78. The predicted molar refractivity (Wildman–Crippen MR) is 114 cm³/mol. The van der Waals surface area contributed by atoms with Crippen LogP contribution < -0.4 is 10.2 Å². The summed E-state index contributed by atoms with van der Waals surface area (Å²) in [5, 5.41) is 11.9. The number of anilines is 2. The summed E-state index contributed by atoms with van der Waals surface area (Å²) in [5.74, 6) is 1.03. The number of nitrogens with one attached hydrogen (secondary N) is 1. The molecule has 8 nitrogen and oxygen atoms in total. The van der Waals surface area contributed by atoms with Gasteiger partial charge in [0, 0.05) is 25.2 Å². The van der Waals surface area contributed by atoms with Gasteiger partial charge in [0.2, 0.25) is 5.91 Å². The van der Waals surface area contributed by atoms with Gasteiger partial charge in [-0.3, -0.25) is 4.79 Å². The molecule has 152 valence electrons. The second kappa shape index (κ2) is 9.39. The van der Waals surface area contributed by atoms with Crippen molar-refractivity contribution in [2.75, 3.05) is 23.3 Å². The molecule has 0 atom stereocenters. The van der Waals surface area contributed by atoms with Gasteiger partial charge in [0.25, 0.3) is 0 Å². The molecule has 1 saturated heterocycles. The van der Waals surface area contributed by atoms with E-state index in [9.17, 15) is 4.79 Å². The highest BCUT2D eigenvalue weighted by molar-refractivity contribution is 6.33. The Bertz CT molecular complexity index is 975. The van der Waals surface area contributed by atoms with Gasteiger partial charge in [0.1, 0.15) is 5.82 Å². The van der Waals surface area contributed by atoms with Gasteiger partial charge in [-0.1, -0.05) is 23.2 Å². The van der Waals surface area contributed by atoms with E-state index in [0.717, 1.165) is 31.7 Å². The Kier molecular flexibility index (Phi) is 6.89. The minimum atomic E-state index is -0.0926. The Labute approximate surface area is 183 Å². The lowest BCUT2D eigenvalue weighted by Gasteiger charge is -2.32. The molecular formula is C18H18Cl3N7O. The van der Waals surface area contributed by atoms with E-state index in [2.05, 4.69) is 30.4 Å². The molecule has 3 aromatic heterocycles. The molecule has 1 aliphatic rings. The first-order valence-electron chi connectivity index (χ1n) is 8.80. The quantitative estimate of drug-likeness (QED) is 0.647. The van der Waals surface area contributed by atoms with Crippen LogP contribution in [0.1, 0.15) is 12.8 Å². The molecule has 0 saturated carbocycles. The largest absolute Gasteiger partial charge is 0.355 e. The number of piperidine rings is 1. The molecule has 11 heteroatoms. The molecule has 0 spiro atoms. The maximum Gasteiger partial charge on any atom is 0.227 e. The van der Waals surface area contributed by atoms with E-state index >= 15 is 0 Å². The van der Waals surface area contributed by atoms with E-state index < -0.39 is 0 Å². The summed E-state index contributed by atoms with van der Waals surface area (Å²) in [6.45, 7) is 1.44. The molecule has 3 aromatic rings. The Hall–Kier alpha value is -2.42. The Balaban J connectivity index is 0.00000240. The van der Waals surface area contributed by atoms with E-state index in [0.29, 0.717) is 21.6 Å². The molecule has 29 heavy (non-hydrogen) atoms. The molecule has 1 amide bonds. The predicted octanol–water partition coefficient (Wildman–Crippen LogP) is 3.64. The minimum absolute atomic E-state index is 0. The topological polar surface area (TPSA) is 88.8 Å². The van der Waals surface area contributed by atoms with Crippen molar-refractivity contribution < 1.29 is 4.79 Å². The third-order valence-corrected chi connectivity index (χ3v) is 5.17. The molecule has 0 aliphatic carbocycles. The van der Waals surface area contributed by atoms with Crippen LogP contribution in [-0.4, -0.2) is 44.0 Å². The summed E-state index contributed by atoms with van der Waals surface area (Å²) < 4.78 is 0. The molecule has 1 N–H and O–H groups in total. The van der Waals surface area contributed by atoms with Crippen molar-refractivity contribution in [3.8, 4) is 5.82 Å². The van der Waals surface area contributed by atoms with Crippen LogP contribution in [0.25, 0.3) is 5.82 Å². The van der Waals surface area contributed by atoms with Gasteiger partial charge in [-0.15, -0.1) is 17.2 Å². The third kappa shape index (κ3) is 4.77. The molecule has 1 aliphatic heterocycles. The van der Waals surface area contributed by atoms with Crippen molar-refractivity contribution in [3.05, 3.63) is 53.0 Å². The van der Waals surface area contributed by atoms with Crippen LogP contribution in [-0.2, 0) is 4.79 Å². The SMILES string of the molecule is Cl.O=C(Nc1cnc(-n2nccn2)c(Cl)c1)C1CCN(c2ncccc2Cl)CC1. The summed E-state index contributed by atoms with van der Waals surface area (Å²) in [6, 6.07) is 5.27. The smallest absolute Gasteiger partial charge is 0.227 e. The number of hydrogen-bond donors (Lipinski definition) is 1.